The second kappa shape index (κ2) is 9.19. The fraction of sp³-hybridized carbons (Fsp3) is 0.261. The van der Waals surface area contributed by atoms with Crippen LogP contribution in [0.5, 0.6) is 11.5 Å². The quantitative estimate of drug-likeness (QED) is 0.520. The van der Waals surface area contributed by atoms with Crippen molar-refractivity contribution in [3.8, 4) is 11.5 Å². The predicted molar refractivity (Wildman–Crippen MR) is 112 cm³/mol. The van der Waals surface area contributed by atoms with Gasteiger partial charge in [-0.1, -0.05) is 31.2 Å². The van der Waals surface area contributed by atoms with Crippen molar-refractivity contribution in [2.24, 2.45) is 5.10 Å². The molecule has 1 aliphatic heterocycles. The number of nitrogens with zero attached hydrogens (tertiary/aromatic N) is 2. The van der Waals surface area contributed by atoms with E-state index in [0.717, 1.165) is 17.0 Å². The lowest BCUT2D eigenvalue weighted by atomic mass is 10.1. The van der Waals surface area contributed by atoms with Crippen LogP contribution in [0.15, 0.2) is 59.2 Å². The topological polar surface area (TPSA) is 68.2 Å². The molecule has 6 nitrogen and oxygen atoms in total. The molecule has 0 unspecified atom stereocenters. The average molecular weight is 392 g/mol. The van der Waals surface area contributed by atoms with Crippen LogP contribution in [0.3, 0.4) is 0 Å². The molecule has 0 N–H and O–H groups in total. The van der Waals surface area contributed by atoms with Gasteiger partial charge in [-0.2, -0.15) is 10.1 Å². The van der Waals surface area contributed by atoms with E-state index in [0.29, 0.717) is 41.6 Å². The van der Waals surface area contributed by atoms with E-state index in [1.807, 2.05) is 38.1 Å². The molecule has 6 heteroatoms. The van der Waals surface area contributed by atoms with Gasteiger partial charge in [0.15, 0.2) is 11.5 Å². The van der Waals surface area contributed by atoms with Crippen LogP contribution in [0.4, 0.5) is 0 Å². The fourth-order valence-electron chi connectivity index (χ4n) is 2.91. The van der Waals surface area contributed by atoms with Gasteiger partial charge in [0.05, 0.1) is 24.5 Å². The Morgan fingerprint density at radius 3 is 2.52 bits per heavy atom. The summed E-state index contributed by atoms with van der Waals surface area (Å²) >= 11 is 0. The molecule has 0 aliphatic carbocycles. The molecular weight excluding hydrogens is 368 g/mol. The Hall–Kier alpha value is -3.41. The van der Waals surface area contributed by atoms with Crippen LogP contribution in [-0.4, -0.2) is 35.7 Å². The minimum absolute atomic E-state index is 0.374. The van der Waals surface area contributed by atoms with Crippen LogP contribution in [-0.2, 0) is 4.79 Å². The van der Waals surface area contributed by atoms with Gasteiger partial charge in [-0.05, 0) is 56.2 Å². The molecule has 150 valence electrons. The number of hydrogen-bond donors (Lipinski definition) is 0. The summed E-state index contributed by atoms with van der Waals surface area (Å²) in [5.74, 6) is 0.393. The Morgan fingerprint density at radius 2 is 1.83 bits per heavy atom. The molecule has 1 heterocycles. The zero-order valence-electron chi connectivity index (χ0n) is 16.8. The molecule has 1 aliphatic rings. The summed E-state index contributed by atoms with van der Waals surface area (Å²) in [4.78, 5) is 25.4. The van der Waals surface area contributed by atoms with Gasteiger partial charge in [-0.15, -0.1) is 0 Å². The number of amides is 2. The maximum atomic E-state index is 12.8. The molecule has 0 radical (unpaired) electrons. The van der Waals surface area contributed by atoms with Gasteiger partial charge in [0, 0.05) is 5.56 Å². The number of ether oxygens (including phenoxy) is 2. The highest BCUT2D eigenvalue weighted by Gasteiger charge is 2.32. The molecular formula is C23H24N2O4. The van der Waals surface area contributed by atoms with E-state index in [4.69, 9.17) is 9.47 Å². The van der Waals surface area contributed by atoms with Crippen LogP contribution in [0.25, 0.3) is 6.08 Å². The molecule has 0 saturated heterocycles. The first kappa shape index (κ1) is 20.3. The van der Waals surface area contributed by atoms with Gasteiger partial charge in [0.25, 0.3) is 11.8 Å². The van der Waals surface area contributed by atoms with E-state index >= 15 is 0 Å². The molecule has 0 atom stereocenters. The molecule has 0 spiro atoms. The van der Waals surface area contributed by atoms with Crippen molar-refractivity contribution in [2.45, 2.75) is 27.2 Å². The second-order valence-electron chi connectivity index (χ2n) is 6.52. The Kier molecular flexibility index (Phi) is 6.44. The third kappa shape index (κ3) is 4.54. The summed E-state index contributed by atoms with van der Waals surface area (Å²) < 4.78 is 11.4. The Morgan fingerprint density at radius 1 is 1.07 bits per heavy atom. The summed E-state index contributed by atoms with van der Waals surface area (Å²) in [6, 6.07) is 14.1. The lowest BCUT2D eigenvalue weighted by Crippen LogP contribution is -2.29. The largest absolute Gasteiger partial charge is 0.490 e. The van der Waals surface area contributed by atoms with E-state index in [1.54, 1.807) is 37.3 Å². The van der Waals surface area contributed by atoms with Crippen LogP contribution >= 0.6 is 0 Å². The molecule has 0 fully saturated rings. The van der Waals surface area contributed by atoms with Crippen LogP contribution < -0.4 is 9.47 Å². The summed E-state index contributed by atoms with van der Waals surface area (Å²) in [6.07, 6.45) is 2.61. The number of hydrogen-bond acceptors (Lipinski definition) is 5. The van der Waals surface area contributed by atoms with Gasteiger partial charge < -0.3 is 9.47 Å². The first-order valence-electron chi connectivity index (χ1n) is 9.65. The van der Waals surface area contributed by atoms with Gasteiger partial charge in [0.2, 0.25) is 0 Å². The lowest BCUT2D eigenvalue weighted by molar-refractivity contribution is -0.123. The van der Waals surface area contributed by atoms with Crippen molar-refractivity contribution >= 4 is 23.6 Å². The van der Waals surface area contributed by atoms with Crippen LogP contribution in [0.2, 0.25) is 0 Å². The number of carbonyl (C=O) groups excluding carboxylic acids is 2. The Balaban J connectivity index is 1.87. The number of hydrazone groups is 1. The van der Waals surface area contributed by atoms with Crippen molar-refractivity contribution in [2.75, 3.05) is 13.2 Å². The van der Waals surface area contributed by atoms with Crippen molar-refractivity contribution in [1.29, 1.82) is 0 Å². The highest BCUT2D eigenvalue weighted by Crippen LogP contribution is 2.30. The maximum absolute atomic E-state index is 12.8. The molecule has 29 heavy (non-hydrogen) atoms. The minimum Gasteiger partial charge on any atom is -0.490 e. The van der Waals surface area contributed by atoms with Gasteiger partial charge in [-0.25, -0.2) is 0 Å². The third-order valence-electron chi connectivity index (χ3n) is 4.32. The van der Waals surface area contributed by atoms with Crippen molar-refractivity contribution < 1.29 is 19.1 Å². The average Bonchev–Trinajstić information content (AvgIpc) is 3.02. The van der Waals surface area contributed by atoms with E-state index in [9.17, 15) is 9.59 Å². The van der Waals surface area contributed by atoms with E-state index in [1.165, 1.54) is 0 Å². The summed E-state index contributed by atoms with van der Waals surface area (Å²) in [7, 11) is 0. The second-order valence-corrected chi connectivity index (χ2v) is 6.52. The summed E-state index contributed by atoms with van der Waals surface area (Å²) in [5.41, 5.74) is 2.04. The van der Waals surface area contributed by atoms with Crippen molar-refractivity contribution in [3.63, 3.8) is 0 Å². The van der Waals surface area contributed by atoms with E-state index < -0.39 is 11.8 Å². The zero-order valence-corrected chi connectivity index (χ0v) is 16.8. The normalized spacial score (nSPS) is 14.9. The maximum Gasteiger partial charge on any atom is 0.283 e. The molecule has 0 bridgehead atoms. The van der Waals surface area contributed by atoms with E-state index in [2.05, 4.69) is 5.10 Å². The predicted octanol–water partition coefficient (Wildman–Crippen LogP) is 4.32. The summed E-state index contributed by atoms with van der Waals surface area (Å²) in [6.45, 7) is 6.75. The standard InChI is InChI=1S/C23H24N2O4/c1-4-13-29-20-12-11-17(15-21(20)28-5-2)14-19-16(3)24-25(23(19)27)22(26)18-9-7-6-8-10-18/h6-12,14-15H,4-5,13H2,1-3H3/b19-14+. The molecule has 2 aromatic rings. The molecule has 2 aromatic carbocycles. The smallest absolute Gasteiger partial charge is 0.283 e. The molecule has 0 saturated carbocycles. The number of imide groups is 1. The van der Waals surface area contributed by atoms with E-state index in [-0.39, 0.29) is 0 Å². The first-order valence-corrected chi connectivity index (χ1v) is 9.65. The number of benzene rings is 2. The number of carbonyl (C=O) groups is 2. The van der Waals surface area contributed by atoms with Crippen molar-refractivity contribution in [3.05, 3.63) is 65.2 Å². The third-order valence-corrected chi connectivity index (χ3v) is 4.32. The van der Waals surface area contributed by atoms with Gasteiger partial charge >= 0.3 is 0 Å². The van der Waals surface area contributed by atoms with Crippen molar-refractivity contribution in [1.82, 2.24) is 5.01 Å². The monoisotopic (exact) mass is 392 g/mol. The summed E-state index contributed by atoms with van der Waals surface area (Å²) in [5, 5.41) is 5.08. The zero-order chi connectivity index (χ0) is 20.8. The van der Waals surface area contributed by atoms with Crippen LogP contribution in [0, 0.1) is 0 Å². The number of rotatable bonds is 7. The van der Waals surface area contributed by atoms with Gasteiger partial charge in [0.1, 0.15) is 0 Å². The molecule has 2 amide bonds. The molecule has 3 rings (SSSR count). The minimum atomic E-state index is -0.448. The van der Waals surface area contributed by atoms with Gasteiger partial charge in [-0.3, -0.25) is 9.59 Å². The van der Waals surface area contributed by atoms with Crippen LogP contribution in [0.1, 0.15) is 43.1 Å². The lowest BCUT2D eigenvalue weighted by Gasteiger charge is -2.12. The highest BCUT2D eigenvalue weighted by atomic mass is 16.5. The highest BCUT2D eigenvalue weighted by molar-refractivity contribution is 6.30. The SMILES string of the molecule is CCCOc1ccc(/C=C2/C(=O)N(C(=O)c3ccccc3)N=C2C)cc1OCC. The first-order chi connectivity index (χ1) is 14.0. The fourth-order valence-corrected chi connectivity index (χ4v) is 2.91. The Bertz CT molecular complexity index is 964. The Labute approximate surface area is 170 Å². The molecule has 0 aromatic heterocycles.